The van der Waals surface area contributed by atoms with Crippen molar-refractivity contribution in [3.63, 3.8) is 0 Å². The summed E-state index contributed by atoms with van der Waals surface area (Å²) in [6.07, 6.45) is 5.02. The van der Waals surface area contributed by atoms with E-state index >= 15 is 0 Å². The zero-order valence-corrected chi connectivity index (χ0v) is 25.7. The third-order valence-corrected chi connectivity index (χ3v) is 12.5. The summed E-state index contributed by atoms with van der Waals surface area (Å²) in [5, 5.41) is 16.2. The average Bonchev–Trinajstić information content (AvgIpc) is 3.31. The zero-order chi connectivity index (χ0) is 28.4. The second kappa shape index (κ2) is 11.8. The first-order valence-electron chi connectivity index (χ1n) is 13.3. The SMILES string of the molecule is CCC[C@H](N[S@@+](C)[O-])c1cccc(-c2cc(O)c3cnn(-c4cccc(CO[Si](C)(C)C(C)(C)C)n4)c3c2)n1. The average molecular weight is 566 g/mol. The number of nitrogens with one attached hydrogen (secondary N) is 1. The van der Waals surface area contributed by atoms with Gasteiger partial charge in [0.1, 0.15) is 12.0 Å². The van der Waals surface area contributed by atoms with Crippen LogP contribution in [0.15, 0.2) is 54.7 Å². The third kappa shape index (κ3) is 6.70. The highest BCUT2D eigenvalue weighted by atomic mass is 32.2. The number of fused-ring (bicyclic) bond motifs is 1. The van der Waals surface area contributed by atoms with E-state index in [0.29, 0.717) is 23.5 Å². The Kier molecular flexibility index (Phi) is 8.82. The lowest BCUT2D eigenvalue weighted by Gasteiger charge is -2.36. The van der Waals surface area contributed by atoms with Crippen LogP contribution in [0.25, 0.3) is 28.0 Å². The predicted molar refractivity (Wildman–Crippen MR) is 161 cm³/mol. The largest absolute Gasteiger partial charge is 0.598 e. The first kappa shape index (κ1) is 29.2. The van der Waals surface area contributed by atoms with Gasteiger partial charge in [-0.15, -0.1) is 4.72 Å². The number of pyridine rings is 2. The Hall–Kier alpha value is -2.76. The van der Waals surface area contributed by atoms with Crippen LogP contribution in [0, 0.1) is 0 Å². The molecule has 0 aliphatic rings. The van der Waals surface area contributed by atoms with Gasteiger partial charge in [0, 0.05) is 16.9 Å². The molecular weight excluding hydrogens is 527 g/mol. The summed E-state index contributed by atoms with van der Waals surface area (Å²) in [6, 6.07) is 15.2. The molecule has 0 fully saturated rings. The van der Waals surface area contributed by atoms with E-state index in [-0.39, 0.29) is 16.8 Å². The molecule has 0 aliphatic carbocycles. The third-order valence-electron chi connectivity index (χ3n) is 7.37. The van der Waals surface area contributed by atoms with Gasteiger partial charge < -0.3 is 14.1 Å². The molecule has 0 bridgehead atoms. The first-order chi connectivity index (χ1) is 18.4. The van der Waals surface area contributed by atoms with Crippen LogP contribution in [-0.4, -0.2) is 44.0 Å². The maximum atomic E-state index is 11.9. The molecule has 0 aliphatic heterocycles. The summed E-state index contributed by atoms with van der Waals surface area (Å²) >= 11 is -1.16. The van der Waals surface area contributed by atoms with Crippen LogP contribution in [0.1, 0.15) is 58.0 Å². The monoisotopic (exact) mass is 565 g/mol. The van der Waals surface area contributed by atoms with Crippen LogP contribution in [0.2, 0.25) is 18.1 Å². The van der Waals surface area contributed by atoms with E-state index < -0.39 is 19.7 Å². The number of phenols is 1. The van der Waals surface area contributed by atoms with Crippen LogP contribution in [-0.2, 0) is 22.4 Å². The molecule has 208 valence electrons. The van der Waals surface area contributed by atoms with Crippen LogP contribution in [0.4, 0.5) is 0 Å². The van der Waals surface area contributed by atoms with Gasteiger partial charge in [-0.3, -0.25) is 4.98 Å². The number of hydrogen-bond donors (Lipinski definition) is 2. The summed E-state index contributed by atoms with van der Waals surface area (Å²) < 4.78 is 23.1. The molecule has 8 nitrogen and oxygen atoms in total. The zero-order valence-electron chi connectivity index (χ0n) is 23.9. The van der Waals surface area contributed by atoms with Crippen LogP contribution in [0.3, 0.4) is 0 Å². The lowest BCUT2D eigenvalue weighted by molar-refractivity contribution is 0.272. The molecule has 10 heteroatoms. The molecular formula is C29H39N5O3SSi. The van der Waals surface area contributed by atoms with E-state index in [1.54, 1.807) is 23.2 Å². The molecule has 3 heterocycles. The molecule has 2 N–H and O–H groups in total. The molecule has 0 spiro atoms. The van der Waals surface area contributed by atoms with Gasteiger partial charge in [-0.2, -0.15) is 5.10 Å². The Morgan fingerprint density at radius 3 is 2.56 bits per heavy atom. The van der Waals surface area contributed by atoms with Gasteiger partial charge in [0.2, 0.25) is 0 Å². The highest BCUT2D eigenvalue weighted by Crippen LogP contribution is 2.37. The van der Waals surface area contributed by atoms with E-state index in [1.165, 1.54) is 0 Å². The van der Waals surface area contributed by atoms with Crippen molar-refractivity contribution in [1.29, 1.82) is 0 Å². The molecule has 3 aromatic heterocycles. The summed E-state index contributed by atoms with van der Waals surface area (Å²) in [6.45, 7) is 13.6. The van der Waals surface area contributed by atoms with Crippen molar-refractivity contribution in [3.8, 4) is 22.8 Å². The normalized spacial score (nSPS) is 14.1. The number of phenolic OH excluding ortho intramolecular Hbond substituents is 1. The molecule has 0 unspecified atom stereocenters. The summed E-state index contributed by atoms with van der Waals surface area (Å²) in [7, 11) is -1.92. The van der Waals surface area contributed by atoms with Crippen molar-refractivity contribution in [2.24, 2.45) is 0 Å². The molecule has 0 saturated heterocycles. The maximum Gasteiger partial charge on any atom is 0.192 e. The lowest BCUT2D eigenvalue weighted by atomic mass is 10.1. The molecule has 0 amide bonds. The van der Waals surface area contributed by atoms with E-state index in [4.69, 9.17) is 14.4 Å². The van der Waals surface area contributed by atoms with E-state index in [2.05, 4.69) is 50.6 Å². The fourth-order valence-corrected chi connectivity index (χ4v) is 5.72. The maximum absolute atomic E-state index is 11.9. The second-order valence-corrected chi connectivity index (χ2v) is 17.3. The van der Waals surface area contributed by atoms with E-state index in [0.717, 1.165) is 35.3 Å². The van der Waals surface area contributed by atoms with Crippen LogP contribution < -0.4 is 4.72 Å². The number of aromatic hydroxyl groups is 1. The number of rotatable bonds is 10. The van der Waals surface area contributed by atoms with Gasteiger partial charge in [-0.25, -0.2) is 9.67 Å². The molecule has 4 rings (SSSR count). The fourth-order valence-electron chi connectivity index (χ4n) is 4.14. The predicted octanol–water partition coefficient (Wildman–Crippen LogP) is 6.43. The van der Waals surface area contributed by atoms with E-state index in [1.807, 2.05) is 42.5 Å². The smallest absolute Gasteiger partial charge is 0.192 e. The van der Waals surface area contributed by atoms with Gasteiger partial charge in [-0.1, -0.05) is 46.2 Å². The minimum Gasteiger partial charge on any atom is -0.598 e. The number of benzene rings is 1. The van der Waals surface area contributed by atoms with Crippen molar-refractivity contribution in [2.75, 3.05) is 6.26 Å². The number of aromatic nitrogens is 4. The Balaban J connectivity index is 1.68. The highest BCUT2D eigenvalue weighted by molar-refractivity contribution is 7.88. The Bertz CT molecular complexity index is 1430. The van der Waals surface area contributed by atoms with Gasteiger partial charge in [0.05, 0.1) is 46.8 Å². The number of hydrogen-bond acceptors (Lipinski definition) is 7. The fraction of sp³-hybridized carbons (Fsp3) is 0.414. The summed E-state index contributed by atoms with van der Waals surface area (Å²) in [5.74, 6) is 0.772. The summed E-state index contributed by atoms with van der Waals surface area (Å²) in [4.78, 5) is 9.70. The molecule has 4 aromatic rings. The van der Waals surface area contributed by atoms with Gasteiger partial charge in [-0.05, 0) is 61.0 Å². The van der Waals surface area contributed by atoms with Crippen molar-refractivity contribution in [1.82, 2.24) is 24.5 Å². The molecule has 0 radical (unpaired) electrons. The quantitative estimate of drug-likeness (QED) is 0.168. The van der Waals surface area contributed by atoms with Crippen LogP contribution >= 0.6 is 0 Å². The Morgan fingerprint density at radius 1 is 1.13 bits per heavy atom. The Morgan fingerprint density at radius 2 is 1.87 bits per heavy atom. The molecule has 0 saturated carbocycles. The van der Waals surface area contributed by atoms with Crippen molar-refractivity contribution >= 4 is 30.6 Å². The first-order valence-corrected chi connectivity index (χ1v) is 17.7. The molecule has 1 aromatic carbocycles. The standard InChI is InChI=1S/C29H39N5O3SSi/c1-8-11-25(33-38(5)36)24-14-10-13-23(32-24)20-16-26-22(27(35)17-20)18-30-34(26)28-15-9-12-21(31-28)19-37-39(6,7)29(2,3)4/h9-10,12-18,25,33,35H,8,11,19H2,1-7H3/t25-,38+/m0/s1. The van der Waals surface area contributed by atoms with Gasteiger partial charge in [0.25, 0.3) is 0 Å². The van der Waals surface area contributed by atoms with E-state index in [9.17, 15) is 9.66 Å². The Labute approximate surface area is 235 Å². The molecule has 39 heavy (non-hydrogen) atoms. The topological polar surface area (TPSA) is 108 Å². The van der Waals surface area contributed by atoms with Crippen molar-refractivity contribution in [2.45, 2.75) is 71.3 Å². The minimum absolute atomic E-state index is 0.113. The minimum atomic E-state index is -1.92. The second-order valence-electron chi connectivity index (χ2n) is 11.4. The van der Waals surface area contributed by atoms with Gasteiger partial charge >= 0.3 is 0 Å². The lowest BCUT2D eigenvalue weighted by Crippen LogP contribution is -2.40. The molecule has 2 atom stereocenters. The van der Waals surface area contributed by atoms with Gasteiger partial charge in [0.15, 0.2) is 14.1 Å². The highest BCUT2D eigenvalue weighted by Gasteiger charge is 2.37. The van der Waals surface area contributed by atoms with Crippen molar-refractivity contribution < 1.29 is 14.1 Å². The number of nitrogens with zero attached hydrogens (tertiary/aromatic N) is 4. The van der Waals surface area contributed by atoms with Crippen LogP contribution in [0.5, 0.6) is 5.75 Å². The summed E-state index contributed by atoms with van der Waals surface area (Å²) in [5.41, 5.74) is 3.85. The van der Waals surface area contributed by atoms with Crippen molar-refractivity contribution in [3.05, 3.63) is 66.1 Å².